The average Bonchev–Trinajstić information content (AvgIpc) is 3.45. The van der Waals surface area contributed by atoms with Crippen LogP contribution in [0, 0.1) is 0 Å². The summed E-state index contributed by atoms with van der Waals surface area (Å²) in [7, 11) is 1.47. The summed E-state index contributed by atoms with van der Waals surface area (Å²) in [6.45, 7) is 0.239. The highest BCUT2D eigenvalue weighted by molar-refractivity contribution is 8.18. The van der Waals surface area contributed by atoms with E-state index < -0.39 is 0 Å². The van der Waals surface area contributed by atoms with Crippen LogP contribution in [0.3, 0.4) is 0 Å². The minimum Gasteiger partial charge on any atom is -0.504 e. The highest BCUT2D eigenvalue weighted by atomic mass is 32.2. The number of phenols is 1. The molecule has 0 spiro atoms. The molecule has 1 aliphatic heterocycles. The van der Waals surface area contributed by atoms with Gasteiger partial charge >= 0.3 is 0 Å². The number of methoxy groups -OCH3 is 1. The lowest BCUT2D eigenvalue weighted by molar-refractivity contribution is -0.122. The highest BCUT2D eigenvalue weighted by Crippen LogP contribution is 2.35. The molecule has 1 fully saturated rings. The first-order valence-corrected chi connectivity index (χ1v) is 10.9. The molecule has 0 unspecified atom stereocenters. The Bertz CT molecular complexity index is 1230. The number of aromatic hydroxyl groups is 1. The van der Waals surface area contributed by atoms with E-state index in [9.17, 15) is 9.90 Å². The Morgan fingerprint density at radius 1 is 1.12 bits per heavy atom. The van der Waals surface area contributed by atoms with Gasteiger partial charge in [0.2, 0.25) is 0 Å². The normalized spacial score (nSPS) is 16.6. The maximum Gasteiger partial charge on any atom is 0.267 e. The number of carbonyl (C=O) groups is 1. The molecule has 1 amide bonds. The summed E-state index contributed by atoms with van der Waals surface area (Å²) >= 11 is 1.22. The number of amides is 1. The van der Waals surface area contributed by atoms with Crippen LogP contribution in [0.25, 0.3) is 12.2 Å². The number of ether oxygens (including phenoxy) is 1. The largest absolute Gasteiger partial charge is 0.504 e. The van der Waals surface area contributed by atoms with Gasteiger partial charge in [0.1, 0.15) is 5.76 Å². The Morgan fingerprint density at radius 2 is 1.97 bits per heavy atom. The van der Waals surface area contributed by atoms with Crippen molar-refractivity contribution in [3.8, 4) is 11.5 Å². The van der Waals surface area contributed by atoms with Crippen LogP contribution in [0.5, 0.6) is 11.5 Å². The molecule has 0 saturated carbocycles. The molecule has 2 heterocycles. The predicted molar refractivity (Wildman–Crippen MR) is 131 cm³/mol. The number of allylic oxidation sites excluding steroid dienone is 1. The van der Waals surface area contributed by atoms with E-state index >= 15 is 0 Å². The fourth-order valence-electron chi connectivity index (χ4n) is 3.06. The monoisotopic (exact) mass is 459 g/mol. The molecule has 3 aromatic rings. The second-order valence-electron chi connectivity index (χ2n) is 6.93. The van der Waals surface area contributed by atoms with Gasteiger partial charge < -0.3 is 14.3 Å². The molecule has 1 aliphatic rings. The highest BCUT2D eigenvalue weighted by Gasteiger charge is 2.34. The summed E-state index contributed by atoms with van der Waals surface area (Å²) in [5.74, 6) is 0.787. The van der Waals surface area contributed by atoms with Crippen LogP contribution in [0.2, 0.25) is 0 Å². The molecule has 0 bridgehead atoms. The van der Waals surface area contributed by atoms with E-state index in [1.54, 1.807) is 48.9 Å². The molecular formula is C25H21N3O4S. The van der Waals surface area contributed by atoms with Gasteiger partial charge in [0.15, 0.2) is 16.7 Å². The molecule has 0 aliphatic carbocycles. The van der Waals surface area contributed by atoms with Crippen molar-refractivity contribution < 1.29 is 19.1 Å². The molecule has 7 nitrogen and oxygen atoms in total. The van der Waals surface area contributed by atoms with Gasteiger partial charge in [-0.15, -0.1) is 5.10 Å². The van der Waals surface area contributed by atoms with Gasteiger partial charge in [-0.2, -0.15) is 5.10 Å². The smallest absolute Gasteiger partial charge is 0.267 e. The van der Waals surface area contributed by atoms with Gasteiger partial charge in [-0.05, 0) is 59.3 Å². The van der Waals surface area contributed by atoms with Crippen molar-refractivity contribution in [1.82, 2.24) is 4.90 Å². The van der Waals surface area contributed by atoms with Crippen molar-refractivity contribution in [2.24, 2.45) is 10.2 Å². The Hall–Kier alpha value is -4.04. The maximum atomic E-state index is 13.1. The molecule has 166 valence electrons. The first-order chi connectivity index (χ1) is 16.1. The molecule has 1 saturated heterocycles. The summed E-state index contributed by atoms with van der Waals surface area (Å²) in [5, 5.41) is 18.6. The van der Waals surface area contributed by atoms with Gasteiger partial charge in [0.05, 0.1) is 24.8 Å². The zero-order valence-electron chi connectivity index (χ0n) is 17.8. The Labute approximate surface area is 195 Å². The van der Waals surface area contributed by atoms with Gasteiger partial charge in [-0.3, -0.25) is 9.69 Å². The van der Waals surface area contributed by atoms with Crippen LogP contribution >= 0.6 is 11.8 Å². The first kappa shape index (κ1) is 22.2. The fourth-order valence-corrected chi connectivity index (χ4v) is 3.99. The number of nitrogens with zero attached hydrogens (tertiary/aromatic N) is 3. The van der Waals surface area contributed by atoms with Crippen molar-refractivity contribution in [2.75, 3.05) is 7.11 Å². The molecule has 33 heavy (non-hydrogen) atoms. The average molecular weight is 460 g/mol. The van der Waals surface area contributed by atoms with Crippen molar-refractivity contribution in [2.45, 2.75) is 6.54 Å². The lowest BCUT2D eigenvalue weighted by Crippen LogP contribution is -2.28. The summed E-state index contributed by atoms with van der Waals surface area (Å²) in [6, 6.07) is 18.3. The minimum absolute atomic E-state index is 0.0321. The quantitative estimate of drug-likeness (QED) is 0.299. The van der Waals surface area contributed by atoms with Crippen molar-refractivity contribution in [3.05, 3.63) is 94.8 Å². The van der Waals surface area contributed by atoms with Crippen LogP contribution in [0.15, 0.2) is 92.5 Å². The fraction of sp³-hybridized carbons (Fsp3) is 0.0800. The lowest BCUT2D eigenvalue weighted by atomic mass is 10.2. The van der Waals surface area contributed by atoms with E-state index in [0.29, 0.717) is 27.1 Å². The van der Waals surface area contributed by atoms with Crippen LogP contribution in [0.1, 0.15) is 16.9 Å². The van der Waals surface area contributed by atoms with Crippen LogP contribution < -0.4 is 4.74 Å². The SMILES string of the molecule is COc1cc(/C=C2\S/C(=N/N=C\C=C\c3ccccc3)N(Cc3ccco3)C2=O)ccc1O. The van der Waals surface area contributed by atoms with Crippen molar-refractivity contribution >= 4 is 41.2 Å². The van der Waals surface area contributed by atoms with E-state index in [0.717, 1.165) is 5.56 Å². The lowest BCUT2D eigenvalue weighted by Gasteiger charge is -2.12. The number of carbonyl (C=O) groups excluding carboxylic acids is 1. The number of phenolic OH excluding ortho intramolecular Hbond substituents is 1. The standard InChI is InChI=1S/C25H21N3O4S/c1-31-22-15-19(11-12-21(22)29)16-23-24(30)28(17-20-10-6-14-32-20)25(33-23)27-26-13-5-9-18-7-3-2-4-8-18/h2-16,29H,17H2,1H3/b9-5+,23-16-,26-13-,27-25+. The first-order valence-electron chi connectivity index (χ1n) is 10.1. The van der Waals surface area contributed by atoms with Gasteiger partial charge in [0.25, 0.3) is 5.91 Å². The summed E-state index contributed by atoms with van der Waals surface area (Å²) in [5.41, 5.74) is 1.77. The third kappa shape index (κ3) is 5.61. The van der Waals surface area contributed by atoms with Crippen LogP contribution in [-0.2, 0) is 11.3 Å². The van der Waals surface area contributed by atoms with E-state index in [4.69, 9.17) is 9.15 Å². The maximum absolute atomic E-state index is 13.1. The van der Waals surface area contributed by atoms with Crippen LogP contribution in [-0.4, -0.2) is 34.4 Å². The Balaban J connectivity index is 1.57. The van der Waals surface area contributed by atoms with Gasteiger partial charge in [-0.1, -0.05) is 42.5 Å². The number of benzene rings is 2. The van der Waals surface area contributed by atoms with Crippen molar-refractivity contribution in [3.63, 3.8) is 0 Å². The molecule has 4 rings (SSSR count). The van der Waals surface area contributed by atoms with E-state index in [1.165, 1.54) is 29.8 Å². The third-order valence-electron chi connectivity index (χ3n) is 4.67. The number of thioether (sulfide) groups is 1. The van der Waals surface area contributed by atoms with E-state index in [2.05, 4.69) is 10.2 Å². The van der Waals surface area contributed by atoms with Gasteiger partial charge in [-0.25, -0.2) is 0 Å². The number of hydrogen-bond acceptors (Lipinski definition) is 7. The molecule has 0 atom stereocenters. The van der Waals surface area contributed by atoms with Crippen LogP contribution in [0.4, 0.5) is 0 Å². The minimum atomic E-state index is -0.211. The molecule has 8 heteroatoms. The summed E-state index contributed by atoms with van der Waals surface area (Å²) < 4.78 is 10.6. The summed E-state index contributed by atoms with van der Waals surface area (Å²) in [6.07, 6.45) is 8.57. The Kier molecular flexibility index (Phi) is 7.06. The van der Waals surface area contributed by atoms with E-state index in [1.807, 2.05) is 36.4 Å². The van der Waals surface area contributed by atoms with E-state index in [-0.39, 0.29) is 18.2 Å². The molecule has 2 aromatic carbocycles. The molecular weight excluding hydrogens is 438 g/mol. The second kappa shape index (κ2) is 10.5. The molecule has 1 N–H and O–H groups in total. The topological polar surface area (TPSA) is 87.6 Å². The Morgan fingerprint density at radius 3 is 2.73 bits per heavy atom. The second-order valence-corrected chi connectivity index (χ2v) is 7.94. The molecule has 1 aromatic heterocycles. The zero-order valence-corrected chi connectivity index (χ0v) is 18.6. The number of furan rings is 1. The third-order valence-corrected chi connectivity index (χ3v) is 5.66. The molecule has 0 radical (unpaired) electrons. The zero-order chi connectivity index (χ0) is 23.0. The predicted octanol–water partition coefficient (Wildman–Crippen LogP) is 5.17. The summed E-state index contributed by atoms with van der Waals surface area (Å²) in [4.78, 5) is 15.1. The van der Waals surface area contributed by atoms with Gasteiger partial charge in [0, 0.05) is 6.21 Å². The number of rotatable bonds is 7. The van der Waals surface area contributed by atoms with Crippen molar-refractivity contribution in [1.29, 1.82) is 0 Å². The number of hydrogen-bond donors (Lipinski definition) is 1. The number of amidine groups is 1.